The minimum absolute atomic E-state index is 0.300. The molecule has 1 amide bonds. The summed E-state index contributed by atoms with van der Waals surface area (Å²) >= 11 is 0. The largest absolute Gasteiger partial charge is 0.465 e. The number of amides is 1. The van der Waals surface area contributed by atoms with E-state index < -0.39 is 32.4 Å². The van der Waals surface area contributed by atoms with Crippen molar-refractivity contribution in [1.82, 2.24) is 4.90 Å². The highest BCUT2D eigenvalue weighted by atomic mass is 32.2. The van der Waals surface area contributed by atoms with Gasteiger partial charge in [-0.15, -0.1) is 6.58 Å². The third-order valence-corrected chi connectivity index (χ3v) is 6.83. The standard InChI is InChI=1S/C18H34N2O4S/c1-5-6-7-8-9-10-11-12-13-18(25(19,23)24)14-15(18)20(16(21)22)17(2,3)4/h5,15H,1,6-14H2,2-4H3,(H,21,22)(H2,19,23,24). The van der Waals surface area contributed by atoms with E-state index in [4.69, 9.17) is 5.14 Å². The van der Waals surface area contributed by atoms with Crippen LogP contribution in [0.4, 0.5) is 4.79 Å². The van der Waals surface area contributed by atoms with E-state index in [9.17, 15) is 18.3 Å². The minimum Gasteiger partial charge on any atom is -0.465 e. The van der Waals surface area contributed by atoms with Gasteiger partial charge < -0.3 is 5.11 Å². The predicted octanol–water partition coefficient (Wildman–Crippen LogP) is 3.87. The fourth-order valence-corrected chi connectivity index (χ4v) is 4.92. The van der Waals surface area contributed by atoms with Gasteiger partial charge in [-0.1, -0.05) is 38.2 Å². The average molecular weight is 375 g/mol. The van der Waals surface area contributed by atoms with Crippen molar-refractivity contribution < 1.29 is 18.3 Å². The molecule has 0 aromatic carbocycles. The van der Waals surface area contributed by atoms with Gasteiger partial charge in [0.25, 0.3) is 0 Å². The Morgan fingerprint density at radius 2 is 1.76 bits per heavy atom. The molecule has 0 aromatic rings. The molecule has 1 aliphatic rings. The van der Waals surface area contributed by atoms with Crippen molar-refractivity contribution in [2.45, 2.75) is 94.9 Å². The van der Waals surface area contributed by atoms with Gasteiger partial charge in [0.05, 0.1) is 6.04 Å². The zero-order valence-corrected chi connectivity index (χ0v) is 16.6. The summed E-state index contributed by atoms with van der Waals surface area (Å²) in [5, 5.41) is 15.0. The van der Waals surface area contributed by atoms with Crippen LogP contribution in [0.5, 0.6) is 0 Å². The van der Waals surface area contributed by atoms with Crippen LogP contribution in [0, 0.1) is 0 Å². The van der Waals surface area contributed by atoms with E-state index in [0.717, 1.165) is 44.9 Å². The van der Waals surface area contributed by atoms with Crippen molar-refractivity contribution in [3.8, 4) is 0 Å². The molecule has 0 aromatic heterocycles. The topological polar surface area (TPSA) is 101 Å². The molecule has 6 nitrogen and oxygen atoms in total. The molecule has 3 N–H and O–H groups in total. The fourth-order valence-electron chi connectivity index (χ4n) is 3.62. The summed E-state index contributed by atoms with van der Waals surface area (Å²) in [5.74, 6) is 0. The lowest BCUT2D eigenvalue weighted by molar-refractivity contribution is 0.0924. The van der Waals surface area contributed by atoms with Crippen LogP contribution >= 0.6 is 0 Å². The van der Waals surface area contributed by atoms with E-state index in [1.165, 1.54) is 4.90 Å². The highest BCUT2D eigenvalue weighted by molar-refractivity contribution is 7.91. The van der Waals surface area contributed by atoms with Crippen LogP contribution in [0.25, 0.3) is 0 Å². The maximum Gasteiger partial charge on any atom is 0.408 e. The first-order valence-electron chi connectivity index (χ1n) is 9.13. The number of sulfonamides is 1. The van der Waals surface area contributed by atoms with Crippen LogP contribution < -0.4 is 5.14 Å². The summed E-state index contributed by atoms with van der Waals surface area (Å²) < 4.78 is 23.2. The molecule has 0 radical (unpaired) electrons. The van der Waals surface area contributed by atoms with E-state index in [0.29, 0.717) is 12.8 Å². The van der Waals surface area contributed by atoms with Gasteiger partial charge in [-0.25, -0.2) is 18.4 Å². The number of primary sulfonamides is 1. The lowest BCUT2D eigenvalue weighted by Crippen LogP contribution is -2.51. The smallest absolute Gasteiger partial charge is 0.408 e. The van der Waals surface area contributed by atoms with Crippen LogP contribution in [-0.4, -0.2) is 40.8 Å². The number of rotatable bonds is 11. The van der Waals surface area contributed by atoms with Gasteiger partial charge in [-0.3, -0.25) is 4.90 Å². The summed E-state index contributed by atoms with van der Waals surface area (Å²) in [5.41, 5.74) is -0.659. The molecule has 146 valence electrons. The molecule has 1 rings (SSSR count). The number of hydrogen-bond acceptors (Lipinski definition) is 3. The van der Waals surface area contributed by atoms with Crippen molar-refractivity contribution in [2.75, 3.05) is 0 Å². The van der Waals surface area contributed by atoms with E-state index in [1.807, 2.05) is 6.08 Å². The van der Waals surface area contributed by atoms with E-state index >= 15 is 0 Å². The van der Waals surface area contributed by atoms with Crippen LogP contribution in [0.15, 0.2) is 12.7 Å². The average Bonchev–Trinajstić information content (AvgIpc) is 3.14. The first-order chi connectivity index (χ1) is 11.5. The van der Waals surface area contributed by atoms with Gasteiger partial charge >= 0.3 is 6.09 Å². The zero-order chi connectivity index (χ0) is 19.3. The lowest BCUT2D eigenvalue weighted by atomic mass is 10.0. The van der Waals surface area contributed by atoms with Crippen LogP contribution in [-0.2, 0) is 10.0 Å². The molecular weight excluding hydrogens is 340 g/mol. The SMILES string of the molecule is C=CCCCCCCCCC1(S(N)(=O)=O)CC1N(C(=O)O)C(C)(C)C. The van der Waals surface area contributed by atoms with Crippen LogP contribution in [0.2, 0.25) is 0 Å². The number of allylic oxidation sites excluding steroid dienone is 1. The fraction of sp³-hybridized carbons (Fsp3) is 0.833. The molecule has 0 spiro atoms. The number of nitrogens with zero attached hydrogens (tertiary/aromatic N) is 1. The van der Waals surface area contributed by atoms with Gasteiger partial charge in [-0.2, -0.15) is 0 Å². The Balaban J connectivity index is 2.60. The van der Waals surface area contributed by atoms with Crippen molar-refractivity contribution in [3.05, 3.63) is 12.7 Å². The first kappa shape index (κ1) is 22.0. The summed E-state index contributed by atoms with van der Waals surface area (Å²) in [6, 6.07) is -0.549. The molecule has 1 saturated carbocycles. The Morgan fingerprint density at radius 1 is 1.24 bits per heavy atom. The summed E-state index contributed by atoms with van der Waals surface area (Å²) in [7, 11) is -3.80. The Hall–Kier alpha value is -1.08. The zero-order valence-electron chi connectivity index (χ0n) is 15.8. The lowest BCUT2D eigenvalue weighted by Gasteiger charge is -2.35. The van der Waals surface area contributed by atoms with Gasteiger partial charge in [0.15, 0.2) is 0 Å². The molecule has 1 fully saturated rings. The van der Waals surface area contributed by atoms with Crippen LogP contribution in [0.3, 0.4) is 0 Å². The molecular formula is C18H34N2O4S. The number of hydrogen-bond donors (Lipinski definition) is 2. The number of carboxylic acid groups (broad SMARTS) is 1. The summed E-state index contributed by atoms with van der Waals surface area (Å²) in [4.78, 5) is 12.9. The predicted molar refractivity (Wildman–Crippen MR) is 101 cm³/mol. The number of nitrogens with two attached hydrogens (primary N) is 1. The second kappa shape index (κ2) is 8.54. The monoisotopic (exact) mass is 374 g/mol. The first-order valence-corrected chi connectivity index (χ1v) is 10.7. The molecule has 25 heavy (non-hydrogen) atoms. The summed E-state index contributed by atoms with van der Waals surface area (Å²) in [6.07, 6.45) is 8.79. The summed E-state index contributed by atoms with van der Waals surface area (Å²) in [6.45, 7) is 9.02. The molecule has 1 aliphatic carbocycles. The molecule has 0 heterocycles. The van der Waals surface area contributed by atoms with E-state index in [1.54, 1.807) is 20.8 Å². The highest BCUT2D eigenvalue weighted by Gasteiger charge is 2.66. The van der Waals surface area contributed by atoms with Gasteiger partial charge in [-0.05, 0) is 46.5 Å². The van der Waals surface area contributed by atoms with Crippen LogP contribution in [0.1, 0.15) is 78.6 Å². The molecule has 0 aliphatic heterocycles. The van der Waals surface area contributed by atoms with Crippen molar-refractivity contribution in [3.63, 3.8) is 0 Å². The third kappa shape index (κ3) is 5.71. The number of carbonyl (C=O) groups is 1. The van der Waals surface area contributed by atoms with Gasteiger partial charge in [0, 0.05) is 5.54 Å². The van der Waals surface area contributed by atoms with Crippen molar-refractivity contribution in [1.29, 1.82) is 0 Å². The Bertz CT molecular complexity index is 568. The third-order valence-electron chi connectivity index (χ3n) is 5.05. The molecule has 0 saturated heterocycles. The van der Waals surface area contributed by atoms with Gasteiger partial charge in [0.1, 0.15) is 4.75 Å². The Kier molecular flexibility index (Phi) is 7.50. The maximum absolute atomic E-state index is 12.2. The van der Waals surface area contributed by atoms with E-state index in [-0.39, 0.29) is 0 Å². The normalized spacial score (nSPS) is 23.3. The number of unbranched alkanes of at least 4 members (excludes halogenated alkanes) is 6. The molecule has 2 atom stereocenters. The second-order valence-electron chi connectivity index (χ2n) is 8.10. The highest BCUT2D eigenvalue weighted by Crippen LogP contribution is 2.51. The van der Waals surface area contributed by atoms with E-state index in [2.05, 4.69) is 6.58 Å². The Morgan fingerprint density at radius 3 is 2.20 bits per heavy atom. The van der Waals surface area contributed by atoms with Crippen molar-refractivity contribution in [2.24, 2.45) is 5.14 Å². The molecule has 7 heteroatoms. The second-order valence-corrected chi connectivity index (χ2v) is 10.0. The maximum atomic E-state index is 12.2. The quantitative estimate of drug-likeness (QED) is 0.423. The molecule has 0 bridgehead atoms. The van der Waals surface area contributed by atoms with Gasteiger partial charge in [0.2, 0.25) is 10.0 Å². The molecule has 2 unspecified atom stereocenters. The van der Waals surface area contributed by atoms with Crippen molar-refractivity contribution >= 4 is 16.1 Å². The minimum atomic E-state index is -3.80. The Labute approximate surface area is 152 Å².